The Morgan fingerprint density at radius 2 is 2.27 bits per heavy atom. The quantitative estimate of drug-likeness (QED) is 0.825. The summed E-state index contributed by atoms with van der Waals surface area (Å²) in [5.74, 6) is -0.0853. The topological polar surface area (TPSA) is 62.2 Å². The molecule has 0 spiro atoms. The molecule has 0 saturated heterocycles. The van der Waals surface area contributed by atoms with Crippen LogP contribution in [0.1, 0.15) is 32.7 Å². The number of carbonyl (C=O) groups excluding carboxylic acids is 1. The minimum Gasteiger partial charge on any atom is -0.396 e. The Morgan fingerprint density at radius 3 is 2.86 bits per heavy atom. The summed E-state index contributed by atoms with van der Waals surface area (Å²) in [6.07, 6.45) is 3.33. The first kappa shape index (κ1) is 16.6. The van der Waals surface area contributed by atoms with Gasteiger partial charge in [-0.15, -0.1) is 11.3 Å². The van der Waals surface area contributed by atoms with E-state index in [4.69, 9.17) is 0 Å². The number of aryl methyl sites for hydroxylation is 2. The lowest BCUT2D eigenvalue weighted by atomic mass is 10.0. The predicted molar refractivity (Wildman–Crippen MR) is 89.3 cm³/mol. The van der Waals surface area contributed by atoms with Gasteiger partial charge in [-0.25, -0.2) is 0 Å². The molecule has 0 aliphatic rings. The molecule has 0 aliphatic carbocycles. The Balaban J connectivity index is 1.90. The third-order valence-corrected chi connectivity index (χ3v) is 4.75. The van der Waals surface area contributed by atoms with Crippen LogP contribution in [0.25, 0.3) is 0 Å². The third-order valence-electron chi connectivity index (χ3n) is 3.66. The number of aromatic nitrogens is 1. The summed E-state index contributed by atoms with van der Waals surface area (Å²) in [5.41, 5.74) is 2.15. The van der Waals surface area contributed by atoms with Crippen LogP contribution >= 0.6 is 11.3 Å². The van der Waals surface area contributed by atoms with Gasteiger partial charge < -0.3 is 10.4 Å². The van der Waals surface area contributed by atoms with Crippen LogP contribution in [0.3, 0.4) is 0 Å². The molecule has 2 heterocycles. The number of hydrogen-bond acceptors (Lipinski definition) is 4. The zero-order valence-corrected chi connectivity index (χ0v) is 13.8. The molecule has 118 valence electrons. The van der Waals surface area contributed by atoms with Gasteiger partial charge in [0.05, 0.1) is 4.88 Å². The number of carbonyl (C=O) groups is 1. The number of hydrogen-bond donors (Lipinski definition) is 2. The number of rotatable bonds is 7. The van der Waals surface area contributed by atoms with Gasteiger partial charge >= 0.3 is 0 Å². The van der Waals surface area contributed by atoms with Gasteiger partial charge in [-0.2, -0.15) is 0 Å². The largest absolute Gasteiger partial charge is 0.396 e. The number of nitrogens with one attached hydrogen (secondary N) is 1. The van der Waals surface area contributed by atoms with E-state index in [0.29, 0.717) is 13.0 Å². The second kappa shape index (κ2) is 8.06. The molecule has 2 N–H and O–H groups in total. The van der Waals surface area contributed by atoms with Crippen LogP contribution in [0.2, 0.25) is 0 Å². The highest BCUT2D eigenvalue weighted by Crippen LogP contribution is 2.21. The zero-order chi connectivity index (χ0) is 15.9. The molecule has 1 amide bonds. The van der Waals surface area contributed by atoms with Crippen molar-refractivity contribution in [1.82, 2.24) is 10.3 Å². The maximum atomic E-state index is 12.2. The maximum absolute atomic E-state index is 12.2. The molecule has 2 rings (SSSR count). The number of nitrogens with zero attached hydrogens (tertiary/aromatic N) is 1. The van der Waals surface area contributed by atoms with Gasteiger partial charge in [0.1, 0.15) is 0 Å². The zero-order valence-electron chi connectivity index (χ0n) is 13.0. The van der Waals surface area contributed by atoms with E-state index < -0.39 is 0 Å². The lowest BCUT2D eigenvalue weighted by molar-refractivity contribution is 0.0944. The molecule has 0 aliphatic heterocycles. The Bertz CT molecular complexity index is 610. The van der Waals surface area contributed by atoms with E-state index in [9.17, 15) is 9.90 Å². The summed E-state index contributed by atoms with van der Waals surface area (Å²) in [6.45, 7) is 4.61. The highest BCUT2D eigenvalue weighted by atomic mass is 32.1. The molecule has 5 heteroatoms. The molecule has 22 heavy (non-hydrogen) atoms. The van der Waals surface area contributed by atoms with Crippen molar-refractivity contribution in [2.45, 2.75) is 26.7 Å². The van der Waals surface area contributed by atoms with Crippen molar-refractivity contribution in [3.63, 3.8) is 0 Å². The third kappa shape index (κ3) is 4.39. The smallest absolute Gasteiger partial charge is 0.261 e. The maximum Gasteiger partial charge on any atom is 0.261 e. The Hall–Kier alpha value is -1.72. The van der Waals surface area contributed by atoms with E-state index >= 15 is 0 Å². The number of thiophene rings is 1. The monoisotopic (exact) mass is 318 g/mol. The molecule has 2 aromatic rings. The number of amides is 1. The van der Waals surface area contributed by atoms with Gasteiger partial charge in [0.25, 0.3) is 5.91 Å². The fraction of sp³-hybridized carbons (Fsp3) is 0.412. The van der Waals surface area contributed by atoms with Crippen LogP contribution in [0.4, 0.5) is 0 Å². The Labute approximate surface area is 135 Å². The van der Waals surface area contributed by atoms with Gasteiger partial charge in [-0.1, -0.05) is 13.0 Å². The number of aliphatic hydroxyl groups is 1. The minimum absolute atomic E-state index is 0.0226. The van der Waals surface area contributed by atoms with E-state index in [1.165, 1.54) is 21.8 Å². The lowest BCUT2D eigenvalue weighted by Crippen LogP contribution is -2.31. The van der Waals surface area contributed by atoms with Crippen molar-refractivity contribution in [3.8, 4) is 0 Å². The van der Waals surface area contributed by atoms with Crippen LogP contribution in [-0.2, 0) is 12.8 Å². The molecule has 0 aromatic carbocycles. The van der Waals surface area contributed by atoms with Crippen molar-refractivity contribution in [3.05, 3.63) is 51.5 Å². The van der Waals surface area contributed by atoms with E-state index in [0.717, 1.165) is 17.0 Å². The first-order chi connectivity index (χ1) is 10.6. The number of aliphatic hydroxyl groups excluding tert-OH is 1. The van der Waals surface area contributed by atoms with Gasteiger partial charge in [0, 0.05) is 35.8 Å². The minimum atomic E-state index is -0.0627. The van der Waals surface area contributed by atoms with Crippen molar-refractivity contribution < 1.29 is 9.90 Å². The summed E-state index contributed by atoms with van der Waals surface area (Å²) >= 11 is 1.52. The lowest BCUT2D eigenvalue weighted by Gasteiger charge is -2.14. The molecular formula is C17H22N2O2S. The van der Waals surface area contributed by atoms with Crippen molar-refractivity contribution in [1.29, 1.82) is 0 Å². The van der Waals surface area contributed by atoms with E-state index in [1.807, 2.05) is 31.2 Å². The van der Waals surface area contributed by atoms with Gasteiger partial charge in [0.15, 0.2) is 0 Å². The molecule has 0 bridgehead atoms. The van der Waals surface area contributed by atoms with Crippen LogP contribution in [0, 0.1) is 12.8 Å². The number of pyridine rings is 1. The molecule has 1 atom stereocenters. The highest BCUT2D eigenvalue weighted by Gasteiger charge is 2.14. The SMILES string of the molecule is CCc1cc(C(=O)NCC(CO)Cc2ccccn2)sc1C. The second-order valence-electron chi connectivity index (χ2n) is 5.33. The molecule has 0 radical (unpaired) electrons. The first-order valence-electron chi connectivity index (χ1n) is 7.52. The fourth-order valence-corrected chi connectivity index (χ4v) is 3.35. The summed E-state index contributed by atoms with van der Waals surface area (Å²) < 4.78 is 0. The van der Waals surface area contributed by atoms with Crippen LogP contribution < -0.4 is 5.32 Å². The molecule has 4 nitrogen and oxygen atoms in total. The Morgan fingerprint density at radius 1 is 1.45 bits per heavy atom. The normalized spacial score (nSPS) is 12.1. The van der Waals surface area contributed by atoms with Crippen molar-refractivity contribution in [2.75, 3.05) is 13.2 Å². The van der Waals surface area contributed by atoms with Crippen molar-refractivity contribution >= 4 is 17.2 Å². The molecule has 1 unspecified atom stereocenters. The van der Waals surface area contributed by atoms with Gasteiger partial charge in [-0.3, -0.25) is 9.78 Å². The summed E-state index contributed by atoms with van der Waals surface area (Å²) in [6, 6.07) is 7.68. The predicted octanol–water partition coefficient (Wildman–Crippen LogP) is 2.59. The van der Waals surface area contributed by atoms with E-state index in [2.05, 4.69) is 17.2 Å². The van der Waals surface area contributed by atoms with E-state index in [-0.39, 0.29) is 18.4 Å². The average molecular weight is 318 g/mol. The average Bonchev–Trinajstić information content (AvgIpc) is 2.93. The standard InChI is InChI=1S/C17H22N2O2S/c1-3-14-9-16(22-12(14)2)17(21)19-10-13(11-20)8-15-6-4-5-7-18-15/h4-7,9,13,20H,3,8,10-11H2,1-2H3,(H,19,21). The van der Waals surface area contributed by atoms with Gasteiger partial charge in [0.2, 0.25) is 0 Å². The van der Waals surface area contributed by atoms with Crippen LogP contribution in [-0.4, -0.2) is 29.1 Å². The highest BCUT2D eigenvalue weighted by molar-refractivity contribution is 7.14. The van der Waals surface area contributed by atoms with E-state index in [1.54, 1.807) is 6.20 Å². The second-order valence-corrected chi connectivity index (χ2v) is 6.59. The van der Waals surface area contributed by atoms with Crippen LogP contribution in [0.5, 0.6) is 0 Å². The summed E-state index contributed by atoms with van der Waals surface area (Å²) in [4.78, 5) is 18.4. The van der Waals surface area contributed by atoms with Crippen LogP contribution in [0.15, 0.2) is 30.5 Å². The molecule has 2 aromatic heterocycles. The summed E-state index contributed by atoms with van der Waals surface area (Å²) in [7, 11) is 0. The fourth-order valence-electron chi connectivity index (χ4n) is 2.32. The van der Waals surface area contributed by atoms with Gasteiger partial charge in [-0.05, 0) is 43.5 Å². The molecule has 0 saturated carbocycles. The Kier molecular flexibility index (Phi) is 6.10. The molecule has 0 fully saturated rings. The van der Waals surface area contributed by atoms with Crippen molar-refractivity contribution in [2.24, 2.45) is 5.92 Å². The molecular weight excluding hydrogens is 296 g/mol. The summed E-state index contributed by atoms with van der Waals surface area (Å²) in [5, 5.41) is 12.4. The first-order valence-corrected chi connectivity index (χ1v) is 8.34.